The van der Waals surface area contributed by atoms with Gasteiger partial charge in [0.1, 0.15) is 0 Å². The van der Waals surface area contributed by atoms with Gasteiger partial charge in [-0.05, 0) is 30.7 Å². The fraction of sp³-hybridized carbons (Fsp3) is 0.182. The van der Waals surface area contributed by atoms with Crippen LogP contribution in [-0.4, -0.2) is 6.03 Å². The number of amides is 2. The summed E-state index contributed by atoms with van der Waals surface area (Å²) in [4.78, 5) is 11.3. The van der Waals surface area contributed by atoms with Crippen LogP contribution in [0.25, 0.3) is 0 Å². The summed E-state index contributed by atoms with van der Waals surface area (Å²) < 4.78 is 0. The number of carbonyl (C=O) groups is 1. The lowest BCUT2D eigenvalue weighted by atomic mass is 10.3. The molecular formula is C11H13ClN2O. The zero-order chi connectivity index (χ0) is 11.1. The van der Waals surface area contributed by atoms with Crippen LogP contribution < -0.4 is 10.6 Å². The van der Waals surface area contributed by atoms with Crippen molar-refractivity contribution in [2.45, 2.75) is 13.3 Å². The number of nitrogens with one attached hydrogen (secondary N) is 2. The van der Waals surface area contributed by atoms with Crippen LogP contribution in [0.2, 0.25) is 5.02 Å². The third-order valence-corrected chi connectivity index (χ3v) is 1.92. The van der Waals surface area contributed by atoms with Gasteiger partial charge in [0.05, 0.1) is 0 Å². The second-order valence-corrected chi connectivity index (χ2v) is 3.35. The van der Waals surface area contributed by atoms with Crippen molar-refractivity contribution in [3.63, 3.8) is 0 Å². The van der Waals surface area contributed by atoms with Crippen molar-refractivity contribution >= 4 is 23.3 Å². The number of hydrogen-bond acceptors (Lipinski definition) is 1. The van der Waals surface area contributed by atoms with Gasteiger partial charge in [-0.2, -0.15) is 0 Å². The van der Waals surface area contributed by atoms with Crippen LogP contribution in [0.15, 0.2) is 36.5 Å². The molecule has 0 heterocycles. The largest absolute Gasteiger partial charge is 0.323 e. The molecule has 3 nitrogen and oxygen atoms in total. The average Bonchev–Trinajstić information content (AvgIpc) is 2.22. The first-order chi connectivity index (χ1) is 7.22. The van der Waals surface area contributed by atoms with Crippen molar-refractivity contribution in [3.8, 4) is 0 Å². The van der Waals surface area contributed by atoms with Gasteiger partial charge in [-0.3, -0.25) is 0 Å². The van der Waals surface area contributed by atoms with Crippen LogP contribution in [0.1, 0.15) is 13.3 Å². The van der Waals surface area contributed by atoms with Gasteiger partial charge >= 0.3 is 6.03 Å². The van der Waals surface area contributed by atoms with Gasteiger partial charge in [0.15, 0.2) is 0 Å². The van der Waals surface area contributed by atoms with Gasteiger partial charge in [-0.15, -0.1) is 0 Å². The monoisotopic (exact) mass is 224 g/mol. The number of anilines is 1. The molecule has 0 atom stereocenters. The number of rotatable bonds is 3. The normalized spacial score (nSPS) is 10.3. The first-order valence-electron chi connectivity index (χ1n) is 4.70. The average molecular weight is 225 g/mol. The van der Waals surface area contributed by atoms with Crippen molar-refractivity contribution < 1.29 is 4.79 Å². The summed E-state index contributed by atoms with van der Waals surface area (Å²) in [6.07, 6.45) is 4.37. The molecular weight excluding hydrogens is 212 g/mol. The predicted molar refractivity (Wildman–Crippen MR) is 63.0 cm³/mol. The molecule has 1 rings (SSSR count). The van der Waals surface area contributed by atoms with Crippen LogP contribution in [0.3, 0.4) is 0 Å². The van der Waals surface area contributed by atoms with Gasteiger partial charge < -0.3 is 10.6 Å². The number of benzene rings is 1. The van der Waals surface area contributed by atoms with E-state index in [1.165, 1.54) is 0 Å². The molecule has 0 radical (unpaired) electrons. The van der Waals surface area contributed by atoms with E-state index in [2.05, 4.69) is 10.6 Å². The number of carbonyl (C=O) groups excluding carboxylic acids is 1. The Morgan fingerprint density at radius 2 is 2.07 bits per heavy atom. The molecule has 1 aromatic carbocycles. The lowest BCUT2D eigenvalue weighted by Gasteiger charge is -2.03. The van der Waals surface area contributed by atoms with Gasteiger partial charge in [0, 0.05) is 16.9 Å². The molecule has 0 fully saturated rings. The van der Waals surface area contributed by atoms with Crippen molar-refractivity contribution in [2.24, 2.45) is 0 Å². The molecule has 0 saturated carbocycles. The number of halogens is 1. The Hall–Kier alpha value is -1.48. The molecule has 0 unspecified atom stereocenters. The maximum absolute atomic E-state index is 11.3. The lowest BCUT2D eigenvalue weighted by Crippen LogP contribution is -2.23. The standard InChI is InChI=1S/C11H13ClN2O/c1-2-3-8-13-11(15)14-10-6-4-9(12)5-7-10/h3-8H,2H2,1H3,(H2,13,14,15)/b8-3+. The molecule has 2 N–H and O–H groups in total. The Kier molecular flexibility index (Phi) is 4.71. The maximum atomic E-state index is 11.3. The van der Waals surface area contributed by atoms with E-state index in [-0.39, 0.29) is 6.03 Å². The van der Waals surface area contributed by atoms with E-state index in [1.807, 2.05) is 13.0 Å². The third kappa shape index (κ3) is 4.51. The minimum absolute atomic E-state index is 0.262. The molecule has 1 aromatic rings. The maximum Gasteiger partial charge on any atom is 0.323 e. The molecule has 0 aliphatic heterocycles. The summed E-state index contributed by atoms with van der Waals surface area (Å²) in [7, 11) is 0. The quantitative estimate of drug-likeness (QED) is 0.812. The molecule has 2 amide bonds. The summed E-state index contributed by atoms with van der Waals surface area (Å²) in [5.74, 6) is 0. The van der Waals surface area contributed by atoms with E-state index in [0.29, 0.717) is 10.7 Å². The Morgan fingerprint density at radius 3 is 2.67 bits per heavy atom. The van der Waals surface area contributed by atoms with Gasteiger partial charge in [0.25, 0.3) is 0 Å². The molecule has 15 heavy (non-hydrogen) atoms. The number of urea groups is 1. The van der Waals surface area contributed by atoms with E-state index in [4.69, 9.17) is 11.6 Å². The first kappa shape index (κ1) is 11.6. The Morgan fingerprint density at radius 1 is 1.40 bits per heavy atom. The summed E-state index contributed by atoms with van der Waals surface area (Å²) in [6, 6.07) is 6.66. The molecule has 0 saturated heterocycles. The smallest absolute Gasteiger partial charge is 0.315 e. The highest BCUT2D eigenvalue weighted by Gasteiger charge is 1.97. The number of allylic oxidation sites excluding steroid dienone is 1. The SMILES string of the molecule is CC/C=C/NC(=O)Nc1ccc(Cl)cc1. The fourth-order valence-electron chi connectivity index (χ4n) is 0.953. The van der Waals surface area contributed by atoms with Gasteiger partial charge in [-0.1, -0.05) is 24.6 Å². The van der Waals surface area contributed by atoms with Gasteiger partial charge in [0.2, 0.25) is 0 Å². The minimum atomic E-state index is -0.262. The van der Waals surface area contributed by atoms with Crippen LogP contribution >= 0.6 is 11.6 Å². The molecule has 0 aromatic heterocycles. The van der Waals surface area contributed by atoms with E-state index in [1.54, 1.807) is 30.5 Å². The number of hydrogen-bond donors (Lipinski definition) is 2. The highest BCUT2D eigenvalue weighted by atomic mass is 35.5. The molecule has 0 bridgehead atoms. The summed E-state index contributed by atoms with van der Waals surface area (Å²) in [6.45, 7) is 2.00. The first-order valence-corrected chi connectivity index (χ1v) is 5.08. The topological polar surface area (TPSA) is 41.1 Å². The highest BCUT2D eigenvalue weighted by Crippen LogP contribution is 2.12. The van der Waals surface area contributed by atoms with Crippen LogP contribution in [-0.2, 0) is 0 Å². The Balaban J connectivity index is 2.44. The van der Waals surface area contributed by atoms with Gasteiger partial charge in [-0.25, -0.2) is 4.79 Å². The summed E-state index contributed by atoms with van der Waals surface area (Å²) >= 11 is 5.71. The van der Waals surface area contributed by atoms with Crippen molar-refractivity contribution in [1.82, 2.24) is 5.32 Å². The van der Waals surface area contributed by atoms with Crippen LogP contribution in [0.4, 0.5) is 10.5 Å². The second kappa shape index (κ2) is 6.09. The lowest BCUT2D eigenvalue weighted by molar-refractivity contribution is 0.255. The summed E-state index contributed by atoms with van der Waals surface area (Å²) in [5.41, 5.74) is 0.710. The Bertz CT molecular complexity index is 346. The zero-order valence-electron chi connectivity index (χ0n) is 8.46. The van der Waals surface area contributed by atoms with Crippen molar-refractivity contribution in [1.29, 1.82) is 0 Å². The summed E-state index contributed by atoms with van der Waals surface area (Å²) in [5, 5.41) is 5.90. The van der Waals surface area contributed by atoms with Crippen LogP contribution in [0.5, 0.6) is 0 Å². The fourth-order valence-corrected chi connectivity index (χ4v) is 1.08. The van der Waals surface area contributed by atoms with Crippen LogP contribution in [0, 0.1) is 0 Å². The predicted octanol–water partition coefficient (Wildman–Crippen LogP) is 3.39. The zero-order valence-corrected chi connectivity index (χ0v) is 9.21. The third-order valence-electron chi connectivity index (χ3n) is 1.67. The minimum Gasteiger partial charge on any atom is -0.315 e. The van der Waals surface area contributed by atoms with E-state index in [0.717, 1.165) is 6.42 Å². The van der Waals surface area contributed by atoms with E-state index in [9.17, 15) is 4.79 Å². The van der Waals surface area contributed by atoms with E-state index >= 15 is 0 Å². The van der Waals surface area contributed by atoms with E-state index < -0.39 is 0 Å². The Labute approximate surface area is 94.1 Å². The highest BCUT2D eigenvalue weighted by molar-refractivity contribution is 6.30. The molecule has 0 aliphatic rings. The second-order valence-electron chi connectivity index (χ2n) is 2.92. The molecule has 0 aliphatic carbocycles. The molecule has 80 valence electrons. The van der Waals surface area contributed by atoms with Crippen molar-refractivity contribution in [3.05, 3.63) is 41.6 Å². The van der Waals surface area contributed by atoms with Crippen molar-refractivity contribution in [2.75, 3.05) is 5.32 Å². The molecule has 0 spiro atoms. The molecule has 4 heteroatoms.